The summed E-state index contributed by atoms with van der Waals surface area (Å²) in [5.74, 6) is 1.72. The van der Waals surface area contributed by atoms with Crippen LogP contribution in [0, 0.1) is 5.92 Å². The van der Waals surface area contributed by atoms with Gasteiger partial charge in [-0.1, -0.05) is 32.0 Å². The molecule has 1 aromatic carbocycles. The summed E-state index contributed by atoms with van der Waals surface area (Å²) < 4.78 is 6.07. The smallest absolute Gasteiger partial charge is 0.124 e. The summed E-state index contributed by atoms with van der Waals surface area (Å²) in [5, 5.41) is 3.55. The standard InChI is InChI=1S/C16H25NO/c1-12(2)10-13(3)18-16-7-5-4-6-14(16)11-17-15-8-9-15/h4-7,12-13,15,17H,8-11H2,1-3H3. The van der Waals surface area contributed by atoms with E-state index in [0.29, 0.717) is 5.92 Å². The number of rotatable bonds is 7. The summed E-state index contributed by atoms with van der Waals surface area (Å²) in [7, 11) is 0. The molecule has 2 rings (SSSR count). The summed E-state index contributed by atoms with van der Waals surface area (Å²) in [6.07, 6.45) is 4.04. The van der Waals surface area contributed by atoms with Gasteiger partial charge in [-0.25, -0.2) is 0 Å². The molecule has 0 radical (unpaired) electrons. The van der Waals surface area contributed by atoms with Gasteiger partial charge >= 0.3 is 0 Å². The second-order valence-corrected chi connectivity index (χ2v) is 5.82. The minimum Gasteiger partial charge on any atom is -0.490 e. The Labute approximate surface area is 111 Å². The van der Waals surface area contributed by atoms with Crippen molar-refractivity contribution in [2.45, 2.75) is 58.7 Å². The van der Waals surface area contributed by atoms with Gasteiger partial charge < -0.3 is 10.1 Å². The van der Waals surface area contributed by atoms with Crippen molar-refractivity contribution in [3.8, 4) is 5.75 Å². The highest BCUT2D eigenvalue weighted by atomic mass is 16.5. The van der Waals surface area contributed by atoms with E-state index in [1.807, 2.05) is 0 Å². The zero-order chi connectivity index (χ0) is 13.0. The molecule has 0 saturated heterocycles. The van der Waals surface area contributed by atoms with E-state index in [-0.39, 0.29) is 6.10 Å². The Morgan fingerprint density at radius 3 is 2.61 bits per heavy atom. The van der Waals surface area contributed by atoms with Crippen LogP contribution in [-0.4, -0.2) is 12.1 Å². The molecule has 0 spiro atoms. The monoisotopic (exact) mass is 247 g/mol. The van der Waals surface area contributed by atoms with Crippen molar-refractivity contribution in [3.63, 3.8) is 0 Å². The molecular weight excluding hydrogens is 222 g/mol. The largest absolute Gasteiger partial charge is 0.490 e. The van der Waals surface area contributed by atoms with Gasteiger partial charge in [-0.05, 0) is 38.2 Å². The first-order chi connectivity index (χ1) is 8.65. The number of benzene rings is 1. The number of nitrogens with one attached hydrogen (secondary N) is 1. The highest BCUT2D eigenvalue weighted by Gasteiger charge is 2.20. The van der Waals surface area contributed by atoms with Gasteiger partial charge in [0, 0.05) is 18.2 Å². The highest BCUT2D eigenvalue weighted by molar-refractivity contribution is 5.33. The summed E-state index contributed by atoms with van der Waals surface area (Å²) in [6, 6.07) is 9.13. The first kappa shape index (κ1) is 13.4. The molecule has 1 aromatic rings. The SMILES string of the molecule is CC(C)CC(C)Oc1ccccc1CNC1CC1. The summed E-state index contributed by atoms with van der Waals surface area (Å²) >= 11 is 0. The third-order valence-corrected chi connectivity index (χ3v) is 3.26. The number of para-hydroxylation sites is 1. The number of hydrogen-bond donors (Lipinski definition) is 1. The molecule has 1 saturated carbocycles. The van der Waals surface area contributed by atoms with Gasteiger partial charge in [-0.3, -0.25) is 0 Å². The third-order valence-electron chi connectivity index (χ3n) is 3.26. The lowest BCUT2D eigenvalue weighted by molar-refractivity contribution is 0.191. The molecule has 0 aliphatic heterocycles. The minimum absolute atomic E-state index is 0.284. The maximum absolute atomic E-state index is 6.07. The fraction of sp³-hybridized carbons (Fsp3) is 0.625. The summed E-state index contributed by atoms with van der Waals surface area (Å²) in [5.41, 5.74) is 1.28. The summed E-state index contributed by atoms with van der Waals surface area (Å²) in [6.45, 7) is 7.56. The second-order valence-electron chi connectivity index (χ2n) is 5.82. The first-order valence-electron chi connectivity index (χ1n) is 7.13. The van der Waals surface area contributed by atoms with Gasteiger partial charge in [0.2, 0.25) is 0 Å². The van der Waals surface area contributed by atoms with Crippen LogP contribution in [0.2, 0.25) is 0 Å². The number of ether oxygens (including phenoxy) is 1. The van der Waals surface area contributed by atoms with E-state index in [0.717, 1.165) is 24.8 Å². The normalized spacial score (nSPS) is 16.9. The molecule has 2 heteroatoms. The van der Waals surface area contributed by atoms with E-state index in [1.54, 1.807) is 0 Å². The lowest BCUT2D eigenvalue weighted by Crippen LogP contribution is -2.19. The van der Waals surface area contributed by atoms with Crippen LogP contribution in [0.4, 0.5) is 0 Å². The lowest BCUT2D eigenvalue weighted by Gasteiger charge is -2.19. The van der Waals surface area contributed by atoms with Crippen molar-refractivity contribution in [3.05, 3.63) is 29.8 Å². The molecule has 2 nitrogen and oxygen atoms in total. The van der Waals surface area contributed by atoms with E-state index < -0.39 is 0 Å². The molecule has 100 valence electrons. The maximum atomic E-state index is 6.07. The highest BCUT2D eigenvalue weighted by Crippen LogP contribution is 2.24. The van der Waals surface area contributed by atoms with Gasteiger partial charge in [0.15, 0.2) is 0 Å². The van der Waals surface area contributed by atoms with E-state index >= 15 is 0 Å². The maximum Gasteiger partial charge on any atom is 0.124 e. The fourth-order valence-corrected chi connectivity index (χ4v) is 2.24. The number of hydrogen-bond acceptors (Lipinski definition) is 2. The van der Waals surface area contributed by atoms with Crippen LogP contribution in [0.15, 0.2) is 24.3 Å². The predicted molar refractivity (Wildman–Crippen MR) is 75.8 cm³/mol. The van der Waals surface area contributed by atoms with E-state index in [4.69, 9.17) is 4.74 Å². The Morgan fingerprint density at radius 1 is 1.22 bits per heavy atom. The molecule has 0 heterocycles. The van der Waals surface area contributed by atoms with Gasteiger partial charge in [-0.15, -0.1) is 0 Å². The molecule has 1 N–H and O–H groups in total. The molecule has 1 aliphatic rings. The van der Waals surface area contributed by atoms with Crippen LogP contribution >= 0.6 is 0 Å². The van der Waals surface area contributed by atoms with E-state index in [1.165, 1.54) is 18.4 Å². The van der Waals surface area contributed by atoms with Crippen molar-refractivity contribution in [1.29, 1.82) is 0 Å². The summed E-state index contributed by atoms with van der Waals surface area (Å²) in [4.78, 5) is 0. The fourth-order valence-electron chi connectivity index (χ4n) is 2.24. The van der Waals surface area contributed by atoms with Crippen molar-refractivity contribution in [2.75, 3.05) is 0 Å². The Hall–Kier alpha value is -1.02. The van der Waals surface area contributed by atoms with Crippen LogP contribution in [0.25, 0.3) is 0 Å². The Balaban J connectivity index is 1.92. The Bertz CT molecular complexity index is 371. The minimum atomic E-state index is 0.284. The second kappa shape index (κ2) is 6.24. The molecule has 1 aliphatic carbocycles. The van der Waals surface area contributed by atoms with E-state index in [2.05, 4.69) is 50.4 Å². The van der Waals surface area contributed by atoms with Gasteiger partial charge in [0.25, 0.3) is 0 Å². The average molecular weight is 247 g/mol. The van der Waals surface area contributed by atoms with Gasteiger partial charge in [-0.2, -0.15) is 0 Å². The van der Waals surface area contributed by atoms with Crippen molar-refractivity contribution in [1.82, 2.24) is 5.32 Å². The molecular formula is C16H25NO. The lowest BCUT2D eigenvalue weighted by atomic mass is 10.1. The third kappa shape index (κ3) is 4.34. The van der Waals surface area contributed by atoms with Crippen molar-refractivity contribution >= 4 is 0 Å². The van der Waals surface area contributed by atoms with Crippen LogP contribution in [0.5, 0.6) is 5.75 Å². The van der Waals surface area contributed by atoms with Crippen LogP contribution in [0.3, 0.4) is 0 Å². The topological polar surface area (TPSA) is 21.3 Å². The van der Waals surface area contributed by atoms with E-state index in [9.17, 15) is 0 Å². The quantitative estimate of drug-likeness (QED) is 0.792. The Morgan fingerprint density at radius 2 is 1.94 bits per heavy atom. The molecule has 18 heavy (non-hydrogen) atoms. The molecule has 1 unspecified atom stereocenters. The van der Waals surface area contributed by atoms with Gasteiger partial charge in [0.1, 0.15) is 5.75 Å². The van der Waals surface area contributed by atoms with Crippen molar-refractivity contribution < 1.29 is 4.74 Å². The predicted octanol–water partition coefficient (Wildman–Crippen LogP) is 3.75. The average Bonchev–Trinajstić information content (AvgIpc) is 3.10. The zero-order valence-corrected chi connectivity index (χ0v) is 11.8. The molecule has 1 atom stereocenters. The van der Waals surface area contributed by atoms with Crippen LogP contribution in [0.1, 0.15) is 45.6 Å². The zero-order valence-electron chi connectivity index (χ0n) is 11.8. The molecule has 1 fully saturated rings. The Kier molecular flexibility index (Phi) is 4.65. The van der Waals surface area contributed by atoms with Crippen molar-refractivity contribution in [2.24, 2.45) is 5.92 Å². The van der Waals surface area contributed by atoms with Crippen LogP contribution < -0.4 is 10.1 Å². The van der Waals surface area contributed by atoms with Gasteiger partial charge in [0.05, 0.1) is 6.10 Å². The molecule has 0 aromatic heterocycles. The first-order valence-corrected chi connectivity index (χ1v) is 7.13. The van der Waals surface area contributed by atoms with Crippen LogP contribution in [-0.2, 0) is 6.54 Å². The molecule has 0 amide bonds. The molecule has 0 bridgehead atoms.